The fourth-order valence-electron chi connectivity index (χ4n) is 4.43. The summed E-state index contributed by atoms with van der Waals surface area (Å²) in [6.45, 7) is 6.48. The van der Waals surface area contributed by atoms with Gasteiger partial charge in [0.1, 0.15) is 6.04 Å². The lowest BCUT2D eigenvalue weighted by molar-refractivity contribution is -0.141. The summed E-state index contributed by atoms with van der Waals surface area (Å²) in [7, 11) is 0. The van der Waals surface area contributed by atoms with Crippen LogP contribution in [0.1, 0.15) is 42.5 Å². The minimum atomic E-state index is -0.625. The summed E-state index contributed by atoms with van der Waals surface area (Å²) in [5, 5.41) is 3.03. The molecule has 1 atom stereocenters. The summed E-state index contributed by atoms with van der Waals surface area (Å²) < 4.78 is 10.9. The first-order valence-corrected chi connectivity index (χ1v) is 12.5. The van der Waals surface area contributed by atoms with Crippen LogP contribution in [0, 0.1) is 6.92 Å². The van der Waals surface area contributed by atoms with Crippen LogP contribution in [0.5, 0.6) is 11.5 Å². The van der Waals surface area contributed by atoms with E-state index >= 15 is 0 Å². The summed E-state index contributed by atoms with van der Waals surface area (Å²) in [6.07, 6.45) is 1.27. The van der Waals surface area contributed by atoms with E-state index in [1.165, 1.54) is 0 Å². The Hall–Kier alpha value is -3.80. The van der Waals surface area contributed by atoms with Gasteiger partial charge in [0.25, 0.3) is 0 Å². The van der Waals surface area contributed by atoms with Gasteiger partial charge in [-0.05, 0) is 56.0 Å². The molecule has 6 heteroatoms. The molecule has 0 aromatic heterocycles. The molecule has 4 rings (SSSR count). The lowest BCUT2D eigenvalue weighted by atomic mass is 10.0. The van der Waals surface area contributed by atoms with E-state index in [9.17, 15) is 9.59 Å². The lowest BCUT2D eigenvalue weighted by Crippen LogP contribution is -2.51. The highest BCUT2D eigenvalue weighted by molar-refractivity contribution is 5.88. The molecule has 0 saturated carbocycles. The number of carbonyl (C=O) groups is 2. The van der Waals surface area contributed by atoms with Crippen molar-refractivity contribution >= 4 is 11.8 Å². The van der Waals surface area contributed by atoms with Crippen LogP contribution in [0.15, 0.2) is 72.8 Å². The largest absolute Gasteiger partial charge is 0.454 e. The fourth-order valence-corrected chi connectivity index (χ4v) is 4.43. The number of nitrogens with one attached hydrogen (secondary N) is 1. The molecule has 0 radical (unpaired) electrons. The maximum atomic E-state index is 13.8. The number of hydrogen-bond acceptors (Lipinski definition) is 4. The molecule has 0 fully saturated rings. The third kappa shape index (κ3) is 6.66. The highest BCUT2D eigenvalue weighted by Gasteiger charge is 2.30. The lowest BCUT2D eigenvalue weighted by Gasteiger charge is -2.32. The summed E-state index contributed by atoms with van der Waals surface area (Å²) in [5.41, 5.74) is 4.13. The molecule has 0 unspecified atom stereocenters. The molecule has 1 heterocycles. The number of rotatable bonds is 10. The van der Waals surface area contributed by atoms with Crippen molar-refractivity contribution in [1.82, 2.24) is 10.2 Å². The molecule has 0 aliphatic carbocycles. The van der Waals surface area contributed by atoms with Crippen molar-refractivity contribution in [3.05, 3.63) is 95.1 Å². The number of ether oxygens (including phenoxy) is 2. The number of fused-ring (bicyclic) bond motifs is 1. The van der Waals surface area contributed by atoms with Gasteiger partial charge in [0, 0.05) is 25.4 Å². The van der Waals surface area contributed by atoms with Crippen molar-refractivity contribution in [3.8, 4) is 11.5 Å². The van der Waals surface area contributed by atoms with Crippen molar-refractivity contribution in [2.24, 2.45) is 0 Å². The van der Waals surface area contributed by atoms with Crippen LogP contribution >= 0.6 is 0 Å². The van der Waals surface area contributed by atoms with Gasteiger partial charge in [-0.3, -0.25) is 9.59 Å². The molecule has 3 aromatic carbocycles. The van der Waals surface area contributed by atoms with E-state index in [2.05, 4.69) is 11.4 Å². The van der Waals surface area contributed by atoms with Gasteiger partial charge in [0.05, 0.1) is 0 Å². The zero-order valence-corrected chi connectivity index (χ0v) is 21.2. The predicted octanol–water partition coefficient (Wildman–Crippen LogP) is 4.82. The summed E-state index contributed by atoms with van der Waals surface area (Å²) in [4.78, 5) is 28.9. The normalized spacial score (nSPS) is 12.9. The van der Waals surface area contributed by atoms with Gasteiger partial charge >= 0.3 is 0 Å². The van der Waals surface area contributed by atoms with Gasteiger partial charge < -0.3 is 19.7 Å². The molecule has 188 valence electrons. The van der Waals surface area contributed by atoms with Crippen LogP contribution in [0.25, 0.3) is 0 Å². The van der Waals surface area contributed by atoms with Gasteiger partial charge in [-0.2, -0.15) is 0 Å². The average Bonchev–Trinajstić information content (AvgIpc) is 3.33. The number of amides is 2. The minimum Gasteiger partial charge on any atom is -0.454 e. The molecule has 3 aromatic rings. The Bertz CT molecular complexity index is 1190. The Morgan fingerprint density at radius 3 is 2.39 bits per heavy atom. The minimum absolute atomic E-state index is 0.0275. The smallest absolute Gasteiger partial charge is 0.243 e. The van der Waals surface area contributed by atoms with Crippen LogP contribution < -0.4 is 14.8 Å². The maximum Gasteiger partial charge on any atom is 0.243 e. The van der Waals surface area contributed by atoms with E-state index in [1.807, 2.05) is 87.5 Å². The number of carbonyl (C=O) groups excluding carboxylic acids is 2. The van der Waals surface area contributed by atoms with Crippen molar-refractivity contribution in [1.29, 1.82) is 0 Å². The molecule has 1 aliphatic rings. The monoisotopic (exact) mass is 486 g/mol. The molecule has 36 heavy (non-hydrogen) atoms. The molecule has 0 spiro atoms. The average molecular weight is 487 g/mol. The second-order valence-corrected chi connectivity index (χ2v) is 9.57. The summed E-state index contributed by atoms with van der Waals surface area (Å²) in [5.74, 6) is 1.22. The number of aryl methyl sites for hydroxylation is 2. The fraction of sp³-hybridized carbons (Fsp3) is 0.333. The van der Waals surface area contributed by atoms with Crippen LogP contribution in [-0.2, 0) is 29.0 Å². The van der Waals surface area contributed by atoms with Crippen LogP contribution in [0.2, 0.25) is 0 Å². The molecule has 2 amide bonds. The van der Waals surface area contributed by atoms with Crippen LogP contribution in [0.3, 0.4) is 0 Å². The Labute approximate surface area is 213 Å². The van der Waals surface area contributed by atoms with E-state index in [0.29, 0.717) is 25.1 Å². The third-order valence-corrected chi connectivity index (χ3v) is 6.20. The van der Waals surface area contributed by atoms with Gasteiger partial charge in [0.15, 0.2) is 11.5 Å². The second kappa shape index (κ2) is 11.8. The Balaban J connectivity index is 1.59. The van der Waals surface area contributed by atoms with Crippen molar-refractivity contribution in [2.45, 2.75) is 58.7 Å². The van der Waals surface area contributed by atoms with Gasteiger partial charge in [-0.1, -0.05) is 66.2 Å². The molecule has 0 saturated heterocycles. The molecular weight excluding hydrogens is 452 g/mol. The van der Waals surface area contributed by atoms with Gasteiger partial charge in [-0.25, -0.2) is 0 Å². The maximum absolute atomic E-state index is 13.8. The van der Waals surface area contributed by atoms with Crippen molar-refractivity contribution < 1.29 is 19.1 Å². The number of hydrogen-bond donors (Lipinski definition) is 1. The zero-order chi connectivity index (χ0) is 25.5. The number of benzene rings is 3. The van der Waals surface area contributed by atoms with E-state index < -0.39 is 6.04 Å². The molecular formula is C30H34N2O4. The summed E-state index contributed by atoms with van der Waals surface area (Å²) in [6, 6.07) is 23.1. The first-order valence-electron chi connectivity index (χ1n) is 12.5. The molecule has 0 bridgehead atoms. The van der Waals surface area contributed by atoms with Crippen LogP contribution in [0.4, 0.5) is 0 Å². The van der Waals surface area contributed by atoms with Gasteiger partial charge in [0.2, 0.25) is 18.6 Å². The third-order valence-electron chi connectivity index (χ3n) is 6.20. The molecule has 6 nitrogen and oxygen atoms in total. The van der Waals surface area contributed by atoms with Crippen LogP contribution in [-0.4, -0.2) is 35.6 Å². The number of nitrogens with zero attached hydrogens (tertiary/aromatic N) is 1. The first kappa shape index (κ1) is 25.3. The summed E-state index contributed by atoms with van der Waals surface area (Å²) >= 11 is 0. The first-order chi connectivity index (χ1) is 17.4. The highest BCUT2D eigenvalue weighted by atomic mass is 16.7. The Kier molecular flexibility index (Phi) is 8.26. The topological polar surface area (TPSA) is 67.9 Å². The SMILES string of the molecule is Cc1cccc(CN(C(=O)CCc2ccc3c(c2)OCO3)[C@@H](Cc2ccccc2)C(=O)NC(C)C)c1. The Morgan fingerprint density at radius 1 is 0.889 bits per heavy atom. The quantitative estimate of drug-likeness (QED) is 0.446. The standard InChI is InChI=1S/C30H34N2O4/c1-21(2)31-30(34)26(17-23-9-5-4-6-10-23)32(19-25-11-7-8-22(3)16-25)29(33)15-13-24-12-14-27-28(18-24)36-20-35-27/h4-12,14,16,18,21,26H,13,15,17,19-20H2,1-3H3,(H,31,34)/t26-/m0/s1. The van der Waals surface area contributed by atoms with Gasteiger partial charge in [-0.15, -0.1) is 0 Å². The molecule has 1 aliphatic heterocycles. The predicted molar refractivity (Wildman–Crippen MR) is 140 cm³/mol. The van der Waals surface area contributed by atoms with E-state index in [1.54, 1.807) is 4.90 Å². The van der Waals surface area contributed by atoms with Crippen molar-refractivity contribution in [3.63, 3.8) is 0 Å². The highest BCUT2D eigenvalue weighted by Crippen LogP contribution is 2.33. The molecule has 1 N–H and O–H groups in total. The van der Waals surface area contributed by atoms with E-state index in [4.69, 9.17) is 9.47 Å². The van der Waals surface area contributed by atoms with E-state index in [-0.39, 0.29) is 31.1 Å². The van der Waals surface area contributed by atoms with Crippen molar-refractivity contribution in [2.75, 3.05) is 6.79 Å². The Morgan fingerprint density at radius 2 is 1.64 bits per heavy atom. The zero-order valence-electron chi connectivity index (χ0n) is 21.2. The van der Waals surface area contributed by atoms with E-state index in [0.717, 1.165) is 28.0 Å². The second-order valence-electron chi connectivity index (χ2n) is 9.57.